The number of nitrogens with one attached hydrogen (secondary N) is 1. The molecule has 0 aliphatic carbocycles. The van der Waals surface area contributed by atoms with Crippen molar-refractivity contribution in [2.45, 2.75) is 38.6 Å². The van der Waals surface area contributed by atoms with E-state index in [2.05, 4.69) is 46.2 Å². The van der Waals surface area contributed by atoms with Crippen LogP contribution in [0.4, 0.5) is 0 Å². The number of para-hydroxylation sites is 1. The maximum Gasteiger partial charge on any atom is 0.332 e. The fourth-order valence-corrected chi connectivity index (χ4v) is 5.31. The number of imidazole rings is 1. The van der Waals surface area contributed by atoms with Gasteiger partial charge >= 0.3 is 17.6 Å². The van der Waals surface area contributed by atoms with Gasteiger partial charge in [0.15, 0.2) is 11.2 Å². The molecule has 0 bridgehead atoms. The summed E-state index contributed by atoms with van der Waals surface area (Å²) in [5.41, 5.74) is 4.34. The average molecular weight is 551 g/mol. The van der Waals surface area contributed by atoms with Crippen molar-refractivity contribution in [1.29, 1.82) is 0 Å². The zero-order valence-corrected chi connectivity index (χ0v) is 22.8. The van der Waals surface area contributed by atoms with Crippen molar-refractivity contribution in [3.8, 4) is 0 Å². The number of carbonyl (C=O) groups is 2. The molecule has 1 saturated heterocycles. The Hall–Kier alpha value is -4.45. The molecule has 1 aliphatic heterocycles. The van der Waals surface area contributed by atoms with E-state index in [-0.39, 0.29) is 11.2 Å². The van der Waals surface area contributed by atoms with Gasteiger partial charge in [-0.05, 0) is 62.9 Å². The topological polar surface area (TPSA) is 155 Å². The number of rotatable bonds is 7. The number of likely N-dealkylation sites (tertiary alicyclic amines) is 1. The van der Waals surface area contributed by atoms with Gasteiger partial charge in [0.25, 0.3) is 5.56 Å². The summed E-state index contributed by atoms with van der Waals surface area (Å²) in [6, 6.07) is 6.54. The predicted molar refractivity (Wildman–Crippen MR) is 151 cm³/mol. The summed E-state index contributed by atoms with van der Waals surface area (Å²) in [5, 5.41) is 17.0. The van der Waals surface area contributed by atoms with Gasteiger partial charge in [-0.15, -0.1) is 0 Å². The number of aromatic amines is 1. The first-order valence-corrected chi connectivity index (χ1v) is 13.1. The van der Waals surface area contributed by atoms with Crippen molar-refractivity contribution in [3.63, 3.8) is 0 Å². The zero-order valence-electron chi connectivity index (χ0n) is 22.8. The molecule has 5 rings (SSSR count). The highest BCUT2D eigenvalue weighted by molar-refractivity contribution is 5.89. The van der Waals surface area contributed by atoms with Crippen LogP contribution in [0.1, 0.15) is 36.3 Å². The third-order valence-electron chi connectivity index (χ3n) is 7.44. The van der Waals surface area contributed by atoms with Gasteiger partial charge in [-0.2, -0.15) is 0 Å². The Morgan fingerprint density at radius 1 is 1.05 bits per heavy atom. The number of fused-ring (bicyclic) bond motifs is 2. The van der Waals surface area contributed by atoms with E-state index in [1.54, 1.807) is 13.4 Å². The van der Waals surface area contributed by atoms with Gasteiger partial charge < -0.3 is 24.7 Å². The van der Waals surface area contributed by atoms with Crippen molar-refractivity contribution in [3.05, 3.63) is 74.8 Å². The molecule has 0 amide bonds. The number of H-pyrrole nitrogens is 1. The largest absolute Gasteiger partial charge is 0.478 e. The van der Waals surface area contributed by atoms with Crippen molar-refractivity contribution >= 4 is 34.0 Å². The second-order valence-electron chi connectivity index (χ2n) is 10.0. The highest BCUT2D eigenvalue weighted by Gasteiger charge is 2.23. The molecule has 212 valence electrons. The number of aromatic nitrogens is 5. The number of hydrogen-bond donors (Lipinski definition) is 3. The lowest BCUT2D eigenvalue weighted by Crippen LogP contribution is -2.37. The summed E-state index contributed by atoms with van der Waals surface area (Å²) in [6.45, 7) is 6.04. The minimum absolute atomic E-state index is 0.282. The predicted octanol–water partition coefficient (Wildman–Crippen LogP) is 2.20. The Balaban J connectivity index is 0.000000406. The van der Waals surface area contributed by atoms with Crippen molar-refractivity contribution in [2.75, 3.05) is 19.6 Å². The maximum atomic E-state index is 12.6. The average Bonchev–Trinajstić information content (AvgIpc) is 3.56. The van der Waals surface area contributed by atoms with Crippen LogP contribution >= 0.6 is 0 Å². The second-order valence-corrected chi connectivity index (χ2v) is 10.0. The Morgan fingerprint density at radius 3 is 2.38 bits per heavy atom. The van der Waals surface area contributed by atoms with Gasteiger partial charge in [0, 0.05) is 49.9 Å². The molecule has 12 nitrogen and oxygen atoms in total. The minimum atomic E-state index is -1.26. The Kier molecular flexibility index (Phi) is 8.68. The van der Waals surface area contributed by atoms with Gasteiger partial charge in [-0.25, -0.2) is 19.4 Å². The molecule has 4 heterocycles. The fraction of sp³-hybridized carbons (Fsp3) is 0.393. The van der Waals surface area contributed by atoms with Gasteiger partial charge in [-0.3, -0.25) is 13.9 Å². The van der Waals surface area contributed by atoms with Crippen LogP contribution < -0.4 is 11.2 Å². The molecule has 3 aromatic heterocycles. The molecule has 3 N–H and O–H groups in total. The van der Waals surface area contributed by atoms with Crippen molar-refractivity contribution < 1.29 is 19.8 Å². The van der Waals surface area contributed by atoms with Gasteiger partial charge in [0.05, 0.1) is 6.33 Å². The third kappa shape index (κ3) is 6.07. The summed E-state index contributed by atoms with van der Waals surface area (Å²) in [6.07, 6.45) is 8.26. The van der Waals surface area contributed by atoms with Crippen LogP contribution in [0.3, 0.4) is 0 Å². The molecule has 40 heavy (non-hydrogen) atoms. The Morgan fingerprint density at radius 2 is 1.73 bits per heavy atom. The van der Waals surface area contributed by atoms with Crippen molar-refractivity contribution in [2.24, 2.45) is 14.1 Å². The number of carboxylic acid groups (broad SMARTS) is 2. The van der Waals surface area contributed by atoms with Crippen LogP contribution in [0, 0.1) is 6.92 Å². The first kappa shape index (κ1) is 28.6. The second kappa shape index (κ2) is 12.2. The highest BCUT2D eigenvalue weighted by Crippen LogP contribution is 2.34. The number of piperidine rings is 1. The van der Waals surface area contributed by atoms with Gasteiger partial charge in [-0.1, -0.05) is 18.2 Å². The standard InChI is InChI=1S/C24H30N6O2.C4H4O4/c1-16-6-4-7-18-19(14-25-20(16)18)17-8-12-29(13-9-17)10-5-11-30-15-26-22-21(30)23(31)28(3)24(32)27(22)2;5-3(6)1-2-4(7)8/h4,6-7,14-15,17,25H,5,8-13H2,1-3H3;1-2H,(H,5,6)(H,7,8). The lowest BCUT2D eigenvalue weighted by Gasteiger charge is -2.32. The van der Waals surface area contributed by atoms with Crippen LogP contribution in [0.15, 0.2) is 52.5 Å². The normalized spacial score (nSPS) is 14.6. The molecule has 0 saturated carbocycles. The number of carboxylic acids is 2. The van der Waals surface area contributed by atoms with Crippen LogP contribution in [-0.4, -0.2) is 70.4 Å². The molecule has 1 aromatic carbocycles. The van der Waals surface area contributed by atoms with E-state index in [1.165, 1.54) is 33.6 Å². The Labute approximate surface area is 229 Å². The molecule has 0 spiro atoms. The summed E-state index contributed by atoms with van der Waals surface area (Å²) in [4.78, 5) is 54.1. The fourth-order valence-electron chi connectivity index (χ4n) is 5.31. The van der Waals surface area contributed by atoms with Crippen LogP contribution in [0.25, 0.3) is 22.1 Å². The molecule has 0 unspecified atom stereocenters. The number of aryl methyl sites for hydroxylation is 3. The summed E-state index contributed by atoms with van der Waals surface area (Å²) < 4.78 is 4.47. The first-order valence-electron chi connectivity index (χ1n) is 13.1. The molecule has 12 heteroatoms. The van der Waals surface area contributed by atoms with Gasteiger partial charge in [0.1, 0.15) is 0 Å². The molecule has 4 aromatic rings. The van der Waals surface area contributed by atoms with Crippen LogP contribution in [0.5, 0.6) is 0 Å². The first-order chi connectivity index (χ1) is 19.1. The van der Waals surface area contributed by atoms with Crippen LogP contribution in [0.2, 0.25) is 0 Å². The molecule has 0 atom stereocenters. The monoisotopic (exact) mass is 550 g/mol. The lowest BCUT2D eigenvalue weighted by molar-refractivity contribution is -0.134. The molecular weight excluding hydrogens is 516 g/mol. The molecule has 1 aliphatic rings. The summed E-state index contributed by atoms with van der Waals surface area (Å²) in [5.74, 6) is -1.91. The molecular formula is C28H34N6O6. The van der Waals surface area contributed by atoms with Crippen LogP contribution in [-0.2, 0) is 30.2 Å². The number of aliphatic carboxylic acids is 2. The molecule has 1 fully saturated rings. The van der Waals surface area contributed by atoms with E-state index >= 15 is 0 Å². The summed E-state index contributed by atoms with van der Waals surface area (Å²) >= 11 is 0. The maximum absolute atomic E-state index is 12.6. The lowest BCUT2D eigenvalue weighted by atomic mass is 9.89. The van der Waals surface area contributed by atoms with Crippen molar-refractivity contribution in [1.82, 2.24) is 28.6 Å². The van der Waals surface area contributed by atoms with E-state index in [0.717, 1.165) is 43.5 Å². The number of nitrogens with zero attached hydrogens (tertiary/aromatic N) is 5. The quantitative estimate of drug-likeness (QED) is 0.296. The summed E-state index contributed by atoms with van der Waals surface area (Å²) in [7, 11) is 3.17. The highest BCUT2D eigenvalue weighted by atomic mass is 16.4. The van der Waals surface area contributed by atoms with E-state index in [4.69, 9.17) is 10.2 Å². The Bertz CT molecular complexity index is 1670. The number of benzene rings is 1. The van der Waals surface area contributed by atoms with E-state index < -0.39 is 11.9 Å². The molecule has 0 radical (unpaired) electrons. The number of hydrogen-bond acceptors (Lipinski definition) is 6. The SMILES string of the molecule is Cc1cccc2c(C3CCN(CCCn4cnc5c4c(=O)n(C)c(=O)n5C)CC3)c[nH]c12.O=C(O)C=CC(=O)O. The van der Waals surface area contributed by atoms with E-state index in [9.17, 15) is 19.2 Å². The van der Waals surface area contributed by atoms with E-state index in [1.807, 2.05) is 4.57 Å². The third-order valence-corrected chi connectivity index (χ3v) is 7.44. The zero-order chi connectivity index (χ0) is 29.0. The van der Waals surface area contributed by atoms with Gasteiger partial charge in [0.2, 0.25) is 0 Å². The van der Waals surface area contributed by atoms with E-state index in [0.29, 0.717) is 35.8 Å². The smallest absolute Gasteiger partial charge is 0.332 e. The minimum Gasteiger partial charge on any atom is -0.478 e.